The van der Waals surface area contributed by atoms with Crippen LogP contribution in [0.3, 0.4) is 0 Å². The standard InChI is InChI=1S/C14H12Cl2N2O3/c1-8(10-4-2-3-5-13(10)18(20)21)17-9-6-11(15)14(19)12(16)7-9/h2-8,17,19H,1H3. The van der Waals surface area contributed by atoms with Gasteiger partial charge in [0.2, 0.25) is 0 Å². The average Bonchev–Trinajstić information content (AvgIpc) is 2.44. The zero-order chi connectivity index (χ0) is 15.6. The number of hydrogen-bond acceptors (Lipinski definition) is 4. The Kier molecular flexibility index (Phi) is 4.55. The molecular formula is C14H12Cl2N2O3. The number of nitro groups is 1. The molecule has 21 heavy (non-hydrogen) atoms. The number of aromatic hydroxyl groups is 1. The van der Waals surface area contributed by atoms with Crippen LogP contribution < -0.4 is 5.32 Å². The van der Waals surface area contributed by atoms with E-state index in [2.05, 4.69) is 5.32 Å². The van der Waals surface area contributed by atoms with Crippen LogP contribution in [0.4, 0.5) is 11.4 Å². The lowest BCUT2D eigenvalue weighted by Gasteiger charge is -2.16. The minimum absolute atomic E-state index is 0.0356. The fourth-order valence-electron chi connectivity index (χ4n) is 2.00. The average molecular weight is 327 g/mol. The van der Waals surface area contributed by atoms with Crippen molar-refractivity contribution in [2.75, 3.05) is 5.32 Å². The highest BCUT2D eigenvalue weighted by molar-refractivity contribution is 6.37. The Morgan fingerprint density at radius 1 is 1.24 bits per heavy atom. The number of halogens is 2. The van der Waals surface area contributed by atoms with Crippen molar-refractivity contribution in [2.24, 2.45) is 0 Å². The van der Waals surface area contributed by atoms with Crippen LogP contribution in [0.5, 0.6) is 5.75 Å². The number of hydrogen-bond donors (Lipinski definition) is 2. The lowest BCUT2D eigenvalue weighted by molar-refractivity contribution is -0.385. The van der Waals surface area contributed by atoms with Crippen molar-refractivity contribution in [3.8, 4) is 5.75 Å². The molecule has 0 bridgehead atoms. The molecule has 2 aromatic carbocycles. The van der Waals surface area contributed by atoms with Gasteiger partial charge in [0.05, 0.1) is 26.6 Å². The van der Waals surface area contributed by atoms with Crippen LogP contribution in [-0.2, 0) is 0 Å². The van der Waals surface area contributed by atoms with Gasteiger partial charge in [-0.05, 0) is 19.1 Å². The highest BCUT2D eigenvalue weighted by Crippen LogP contribution is 2.36. The van der Waals surface area contributed by atoms with Crippen LogP contribution in [0.1, 0.15) is 18.5 Å². The summed E-state index contributed by atoms with van der Waals surface area (Å²) < 4.78 is 0. The maximum atomic E-state index is 11.0. The summed E-state index contributed by atoms with van der Waals surface area (Å²) in [5, 5.41) is 23.9. The second kappa shape index (κ2) is 6.20. The second-order valence-corrected chi connectivity index (χ2v) is 5.28. The number of anilines is 1. The molecule has 1 atom stereocenters. The summed E-state index contributed by atoms with van der Waals surface area (Å²) in [4.78, 5) is 10.6. The highest BCUT2D eigenvalue weighted by Gasteiger charge is 2.18. The van der Waals surface area contributed by atoms with Gasteiger partial charge >= 0.3 is 0 Å². The number of nitrogens with one attached hydrogen (secondary N) is 1. The van der Waals surface area contributed by atoms with Gasteiger partial charge in [0, 0.05) is 11.8 Å². The number of phenols is 1. The van der Waals surface area contributed by atoms with E-state index in [9.17, 15) is 15.2 Å². The summed E-state index contributed by atoms with van der Waals surface area (Å²) in [5.41, 5.74) is 1.14. The molecule has 0 aliphatic carbocycles. The van der Waals surface area contributed by atoms with Gasteiger partial charge in [-0.25, -0.2) is 0 Å². The van der Waals surface area contributed by atoms with Gasteiger partial charge in [0.25, 0.3) is 5.69 Å². The van der Waals surface area contributed by atoms with Crippen molar-refractivity contribution < 1.29 is 10.0 Å². The molecule has 2 rings (SSSR count). The molecule has 0 radical (unpaired) electrons. The second-order valence-electron chi connectivity index (χ2n) is 4.47. The summed E-state index contributed by atoms with van der Waals surface area (Å²) in [6, 6.07) is 9.16. The quantitative estimate of drug-likeness (QED) is 0.481. The lowest BCUT2D eigenvalue weighted by Crippen LogP contribution is -2.09. The Morgan fingerprint density at radius 2 is 1.81 bits per heavy atom. The first-order chi connectivity index (χ1) is 9.90. The predicted octanol–water partition coefficient (Wildman–Crippen LogP) is 4.78. The number of nitrogens with zero attached hydrogens (tertiary/aromatic N) is 1. The van der Waals surface area contributed by atoms with Crippen molar-refractivity contribution in [1.29, 1.82) is 0 Å². The van der Waals surface area contributed by atoms with E-state index < -0.39 is 4.92 Å². The summed E-state index contributed by atoms with van der Waals surface area (Å²) in [7, 11) is 0. The molecule has 0 saturated carbocycles. The molecule has 0 amide bonds. The van der Waals surface area contributed by atoms with Crippen LogP contribution in [-0.4, -0.2) is 10.0 Å². The Morgan fingerprint density at radius 3 is 2.38 bits per heavy atom. The Bertz CT molecular complexity index is 669. The third-order valence-corrected chi connectivity index (χ3v) is 3.58. The molecule has 0 aliphatic rings. The number of benzene rings is 2. The first-order valence-electron chi connectivity index (χ1n) is 6.08. The van der Waals surface area contributed by atoms with Gasteiger partial charge in [-0.1, -0.05) is 41.4 Å². The van der Waals surface area contributed by atoms with E-state index in [1.54, 1.807) is 25.1 Å². The Hall–Kier alpha value is -1.98. The molecule has 0 fully saturated rings. The van der Waals surface area contributed by atoms with Crippen LogP contribution in [0.25, 0.3) is 0 Å². The minimum atomic E-state index is -0.426. The molecule has 2 N–H and O–H groups in total. The fraction of sp³-hybridized carbons (Fsp3) is 0.143. The highest BCUT2D eigenvalue weighted by atomic mass is 35.5. The smallest absolute Gasteiger partial charge is 0.274 e. The van der Waals surface area contributed by atoms with E-state index in [-0.39, 0.29) is 27.5 Å². The molecule has 0 aliphatic heterocycles. The normalized spacial score (nSPS) is 12.0. The molecule has 0 aromatic heterocycles. The molecular weight excluding hydrogens is 315 g/mol. The van der Waals surface area contributed by atoms with E-state index in [1.807, 2.05) is 0 Å². The fourth-order valence-corrected chi connectivity index (χ4v) is 2.48. The Balaban J connectivity index is 2.30. The topological polar surface area (TPSA) is 75.4 Å². The molecule has 110 valence electrons. The SMILES string of the molecule is CC(Nc1cc(Cl)c(O)c(Cl)c1)c1ccccc1[N+](=O)[O-]. The largest absolute Gasteiger partial charge is 0.505 e. The minimum Gasteiger partial charge on any atom is -0.505 e. The van der Waals surface area contributed by atoms with Crippen molar-refractivity contribution in [3.63, 3.8) is 0 Å². The zero-order valence-electron chi connectivity index (χ0n) is 11.0. The van der Waals surface area contributed by atoms with E-state index >= 15 is 0 Å². The van der Waals surface area contributed by atoms with E-state index in [4.69, 9.17) is 23.2 Å². The maximum Gasteiger partial charge on any atom is 0.274 e. The van der Waals surface area contributed by atoms with Gasteiger partial charge < -0.3 is 10.4 Å². The third-order valence-electron chi connectivity index (χ3n) is 3.00. The van der Waals surface area contributed by atoms with Crippen LogP contribution >= 0.6 is 23.2 Å². The molecule has 1 unspecified atom stereocenters. The van der Waals surface area contributed by atoms with Crippen molar-refractivity contribution >= 4 is 34.6 Å². The number of nitro benzene ring substituents is 1. The van der Waals surface area contributed by atoms with Gasteiger partial charge in [-0.15, -0.1) is 0 Å². The lowest BCUT2D eigenvalue weighted by atomic mass is 10.1. The summed E-state index contributed by atoms with van der Waals surface area (Å²) in [5.74, 6) is -0.192. The summed E-state index contributed by atoms with van der Waals surface area (Å²) in [6.07, 6.45) is 0. The van der Waals surface area contributed by atoms with Crippen molar-refractivity contribution in [2.45, 2.75) is 13.0 Å². The van der Waals surface area contributed by atoms with Gasteiger partial charge in [-0.2, -0.15) is 0 Å². The molecule has 5 nitrogen and oxygen atoms in total. The molecule has 7 heteroatoms. The Labute approximate surface area is 131 Å². The summed E-state index contributed by atoms with van der Waals surface area (Å²) in [6.45, 7) is 1.79. The van der Waals surface area contributed by atoms with Gasteiger partial charge in [0.1, 0.15) is 0 Å². The van der Waals surface area contributed by atoms with Gasteiger partial charge in [0.15, 0.2) is 5.75 Å². The number of phenolic OH excluding ortho intramolecular Hbond substituents is 1. The van der Waals surface area contributed by atoms with Crippen LogP contribution in [0.15, 0.2) is 36.4 Å². The van der Waals surface area contributed by atoms with E-state index in [0.29, 0.717) is 11.3 Å². The first kappa shape index (κ1) is 15.4. The van der Waals surface area contributed by atoms with Crippen molar-refractivity contribution in [3.05, 3.63) is 62.1 Å². The summed E-state index contributed by atoms with van der Waals surface area (Å²) >= 11 is 11.7. The number of rotatable bonds is 4. The molecule has 0 saturated heterocycles. The van der Waals surface area contributed by atoms with Gasteiger partial charge in [-0.3, -0.25) is 10.1 Å². The molecule has 2 aromatic rings. The van der Waals surface area contributed by atoms with Crippen molar-refractivity contribution in [1.82, 2.24) is 0 Å². The first-order valence-corrected chi connectivity index (χ1v) is 6.83. The van der Waals surface area contributed by atoms with E-state index in [0.717, 1.165) is 0 Å². The number of para-hydroxylation sites is 1. The zero-order valence-corrected chi connectivity index (χ0v) is 12.5. The third kappa shape index (κ3) is 3.37. The monoisotopic (exact) mass is 326 g/mol. The maximum absolute atomic E-state index is 11.0. The van der Waals surface area contributed by atoms with Crippen LogP contribution in [0.2, 0.25) is 10.0 Å². The molecule has 0 spiro atoms. The van der Waals surface area contributed by atoms with Crippen LogP contribution in [0, 0.1) is 10.1 Å². The van der Waals surface area contributed by atoms with E-state index in [1.165, 1.54) is 18.2 Å². The predicted molar refractivity (Wildman–Crippen MR) is 83.3 cm³/mol. The molecule has 0 heterocycles.